The Hall–Kier alpha value is -2.82. The molecular weight excluding hydrogens is 309 g/mol. The maximum Gasteiger partial charge on any atom is 0.416 e. The Bertz CT molecular complexity index is 759. The van der Waals surface area contributed by atoms with Gasteiger partial charge >= 0.3 is 6.18 Å². The molecule has 0 aliphatic carbocycles. The topological polar surface area (TPSA) is 70.7 Å². The number of aromatic nitrogens is 2. The van der Waals surface area contributed by atoms with Crippen LogP contribution in [0.4, 0.5) is 19.0 Å². The molecule has 0 aliphatic rings. The number of hydrogen-bond acceptors (Lipinski definition) is 3. The maximum absolute atomic E-state index is 12.7. The number of alkyl halides is 3. The molecule has 1 heterocycles. The van der Waals surface area contributed by atoms with E-state index in [1.807, 2.05) is 6.07 Å². The molecule has 0 fully saturated rings. The number of nitrogens with zero attached hydrogens (tertiary/aromatic N) is 3. The van der Waals surface area contributed by atoms with Crippen LogP contribution in [0.25, 0.3) is 0 Å². The molecule has 0 atom stereocenters. The van der Waals surface area contributed by atoms with Gasteiger partial charge in [-0.05, 0) is 25.1 Å². The van der Waals surface area contributed by atoms with Gasteiger partial charge in [0.15, 0.2) is 0 Å². The number of halogens is 3. The van der Waals surface area contributed by atoms with E-state index in [-0.39, 0.29) is 18.5 Å². The lowest BCUT2D eigenvalue weighted by Crippen LogP contribution is -2.17. The molecule has 2 rings (SSSR count). The highest BCUT2D eigenvalue weighted by molar-refractivity contribution is 6.04. The van der Waals surface area contributed by atoms with Crippen LogP contribution in [0.2, 0.25) is 0 Å². The first kappa shape index (κ1) is 16.5. The average molecular weight is 322 g/mol. The van der Waals surface area contributed by atoms with E-state index < -0.39 is 17.6 Å². The van der Waals surface area contributed by atoms with Gasteiger partial charge in [-0.3, -0.25) is 4.79 Å². The van der Waals surface area contributed by atoms with E-state index >= 15 is 0 Å². The van der Waals surface area contributed by atoms with Gasteiger partial charge < -0.3 is 5.32 Å². The van der Waals surface area contributed by atoms with Gasteiger partial charge in [0, 0.05) is 11.6 Å². The zero-order chi connectivity index (χ0) is 17.0. The summed E-state index contributed by atoms with van der Waals surface area (Å²) in [5.74, 6) is -0.339. The number of benzene rings is 1. The number of hydrogen-bond donors (Lipinski definition) is 1. The average Bonchev–Trinajstić information content (AvgIpc) is 2.84. The van der Waals surface area contributed by atoms with Crippen molar-refractivity contribution in [1.29, 1.82) is 5.26 Å². The molecule has 8 heteroatoms. The Morgan fingerprint density at radius 2 is 2.13 bits per heavy atom. The first-order valence-corrected chi connectivity index (χ1v) is 6.71. The van der Waals surface area contributed by atoms with Gasteiger partial charge in [0.2, 0.25) is 0 Å². The Balaban J connectivity index is 2.21. The van der Waals surface area contributed by atoms with Crippen molar-refractivity contribution in [3.05, 3.63) is 47.2 Å². The molecule has 0 spiro atoms. The van der Waals surface area contributed by atoms with Crippen molar-refractivity contribution in [1.82, 2.24) is 9.78 Å². The van der Waals surface area contributed by atoms with Crippen LogP contribution in [-0.4, -0.2) is 15.7 Å². The normalized spacial score (nSPS) is 11.1. The third kappa shape index (κ3) is 4.10. The molecule has 0 saturated heterocycles. The molecular formula is C15H13F3N4O. The predicted octanol–water partition coefficient (Wildman–Crippen LogP) is 3.38. The molecule has 23 heavy (non-hydrogen) atoms. The third-order valence-electron chi connectivity index (χ3n) is 3.03. The quantitative estimate of drug-likeness (QED) is 0.938. The van der Waals surface area contributed by atoms with E-state index in [1.54, 1.807) is 13.0 Å². The van der Waals surface area contributed by atoms with Crippen molar-refractivity contribution in [3.63, 3.8) is 0 Å². The van der Waals surface area contributed by atoms with Gasteiger partial charge in [0.1, 0.15) is 5.82 Å². The molecule has 0 aliphatic heterocycles. The summed E-state index contributed by atoms with van der Waals surface area (Å²) in [6.07, 6.45) is -4.31. The summed E-state index contributed by atoms with van der Waals surface area (Å²) in [4.78, 5) is 12.1. The summed E-state index contributed by atoms with van der Waals surface area (Å²) in [5.41, 5.74) is -0.368. The second-order valence-corrected chi connectivity index (χ2v) is 4.83. The summed E-state index contributed by atoms with van der Waals surface area (Å²) in [7, 11) is 0. The van der Waals surface area contributed by atoms with Crippen LogP contribution >= 0.6 is 0 Å². The minimum absolute atomic E-state index is 0.106. The monoisotopic (exact) mass is 322 g/mol. The smallest absolute Gasteiger partial charge is 0.307 e. The number of carbonyl (C=O) groups excluding carboxylic acids is 1. The van der Waals surface area contributed by atoms with Crippen LogP contribution in [0.3, 0.4) is 0 Å². The second kappa shape index (κ2) is 6.52. The first-order valence-electron chi connectivity index (χ1n) is 6.71. The van der Waals surface area contributed by atoms with Gasteiger partial charge in [0.25, 0.3) is 5.91 Å². The van der Waals surface area contributed by atoms with Gasteiger partial charge in [-0.15, -0.1) is 0 Å². The van der Waals surface area contributed by atoms with Gasteiger partial charge in [-0.2, -0.15) is 23.5 Å². The van der Waals surface area contributed by atoms with Crippen molar-refractivity contribution in [2.24, 2.45) is 0 Å². The Morgan fingerprint density at radius 1 is 1.39 bits per heavy atom. The number of nitriles is 1. The Morgan fingerprint density at radius 3 is 2.78 bits per heavy atom. The van der Waals surface area contributed by atoms with Gasteiger partial charge in [-0.25, -0.2) is 4.68 Å². The highest BCUT2D eigenvalue weighted by Gasteiger charge is 2.30. The molecule has 1 aromatic carbocycles. The zero-order valence-corrected chi connectivity index (χ0v) is 12.2. The lowest BCUT2D eigenvalue weighted by Gasteiger charge is -2.10. The number of rotatable bonds is 4. The number of amides is 1. The maximum atomic E-state index is 12.7. The van der Waals surface area contributed by atoms with Crippen LogP contribution in [0, 0.1) is 18.3 Å². The minimum atomic E-state index is -4.51. The molecule has 2 aromatic rings. The summed E-state index contributed by atoms with van der Waals surface area (Å²) < 4.78 is 39.5. The highest BCUT2D eigenvalue weighted by atomic mass is 19.4. The van der Waals surface area contributed by atoms with Gasteiger partial charge in [0.05, 0.1) is 30.3 Å². The molecule has 1 aromatic heterocycles. The van der Waals surface area contributed by atoms with Crippen LogP contribution in [-0.2, 0) is 12.7 Å². The lowest BCUT2D eigenvalue weighted by atomic mass is 10.1. The van der Waals surface area contributed by atoms with Crippen LogP contribution in [0.5, 0.6) is 0 Å². The van der Waals surface area contributed by atoms with E-state index in [9.17, 15) is 18.0 Å². The van der Waals surface area contributed by atoms with Crippen molar-refractivity contribution in [3.8, 4) is 6.07 Å². The number of nitrogens with one attached hydrogen (secondary N) is 1. The SMILES string of the molecule is Cc1cc(NC(=O)c2cccc(C(F)(F)F)c2)n(CCC#N)n1. The summed E-state index contributed by atoms with van der Waals surface area (Å²) >= 11 is 0. The van der Waals surface area contributed by atoms with Crippen molar-refractivity contribution >= 4 is 11.7 Å². The predicted molar refractivity (Wildman–Crippen MR) is 76.6 cm³/mol. The molecule has 1 amide bonds. The van der Waals surface area contributed by atoms with Crippen LogP contribution in [0.15, 0.2) is 30.3 Å². The fourth-order valence-corrected chi connectivity index (χ4v) is 2.00. The molecule has 5 nitrogen and oxygen atoms in total. The lowest BCUT2D eigenvalue weighted by molar-refractivity contribution is -0.137. The largest absolute Gasteiger partial charge is 0.416 e. The molecule has 0 unspecified atom stereocenters. The standard InChI is InChI=1S/C15H13F3N4O/c1-10-8-13(22(21-10)7-3-6-19)20-14(23)11-4-2-5-12(9-11)15(16,17)18/h2,4-5,8-9H,3,7H2,1H3,(H,20,23). The van der Waals surface area contributed by atoms with Crippen molar-refractivity contribution < 1.29 is 18.0 Å². The van der Waals surface area contributed by atoms with Crippen LogP contribution < -0.4 is 5.32 Å². The van der Waals surface area contributed by atoms with E-state index in [0.29, 0.717) is 11.5 Å². The molecule has 1 N–H and O–H groups in total. The fraction of sp³-hybridized carbons (Fsp3) is 0.267. The van der Waals surface area contributed by atoms with E-state index in [1.165, 1.54) is 16.8 Å². The van der Waals surface area contributed by atoms with Gasteiger partial charge in [-0.1, -0.05) is 6.07 Å². The Kier molecular flexibility index (Phi) is 4.69. The van der Waals surface area contributed by atoms with Crippen molar-refractivity contribution in [2.75, 3.05) is 5.32 Å². The van der Waals surface area contributed by atoms with E-state index in [4.69, 9.17) is 5.26 Å². The molecule has 120 valence electrons. The molecule has 0 radical (unpaired) electrons. The number of carbonyl (C=O) groups is 1. The summed E-state index contributed by atoms with van der Waals surface area (Å²) in [5, 5.41) is 15.2. The van der Waals surface area contributed by atoms with E-state index in [0.717, 1.165) is 12.1 Å². The molecule has 0 bridgehead atoms. The van der Waals surface area contributed by atoms with Crippen molar-refractivity contribution in [2.45, 2.75) is 26.1 Å². The molecule has 0 saturated carbocycles. The minimum Gasteiger partial charge on any atom is -0.307 e. The Labute approximate surface area is 130 Å². The first-order chi connectivity index (χ1) is 10.8. The number of anilines is 1. The van der Waals surface area contributed by atoms with Crippen LogP contribution in [0.1, 0.15) is 28.0 Å². The highest BCUT2D eigenvalue weighted by Crippen LogP contribution is 2.29. The fourth-order valence-electron chi connectivity index (χ4n) is 2.00. The second-order valence-electron chi connectivity index (χ2n) is 4.83. The van der Waals surface area contributed by atoms with E-state index in [2.05, 4.69) is 10.4 Å². The number of aryl methyl sites for hydroxylation is 2. The summed E-state index contributed by atoms with van der Waals surface area (Å²) in [6.45, 7) is 1.99. The third-order valence-corrected chi connectivity index (χ3v) is 3.03. The summed E-state index contributed by atoms with van der Waals surface area (Å²) in [6, 6.07) is 7.72. The zero-order valence-electron chi connectivity index (χ0n) is 12.2.